The van der Waals surface area contributed by atoms with Gasteiger partial charge < -0.3 is 37.9 Å². The highest BCUT2D eigenvalue weighted by Gasteiger charge is 2.37. The summed E-state index contributed by atoms with van der Waals surface area (Å²) in [6.45, 7) is 31.6. The van der Waals surface area contributed by atoms with E-state index in [0.717, 1.165) is 41.0 Å². The zero-order chi connectivity index (χ0) is 61.0. The summed E-state index contributed by atoms with van der Waals surface area (Å²) < 4.78 is 46.4. The molecule has 20 nitrogen and oxygen atoms in total. The maximum absolute atomic E-state index is 14.3. The number of unbranched alkanes of at least 4 members (excludes halogenated alkanes) is 6. The molecule has 0 radical (unpaired) electrons. The van der Waals surface area contributed by atoms with Crippen LogP contribution in [0.3, 0.4) is 0 Å². The number of amidine groups is 1. The number of guanidine groups is 1. The summed E-state index contributed by atoms with van der Waals surface area (Å²) in [5.74, 6) is -0.0401. The maximum atomic E-state index is 14.3. The Morgan fingerprint density at radius 1 is 0.556 bits per heavy atom. The Labute approximate surface area is 481 Å². The largest absolute Gasteiger partial charge is 0.492 e. The lowest BCUT2D eigenvalue weighted by molar-refractivity contribution is -0.153. The fourth-order valence-electron chi connectivity index (χ4n) is 7.63. The fraction of sp³-hybridized carbons (Fsp3) is 0.656. The maximum Gasteiger partial charge on any atom is 0.437 e. The number of aliphatic imine (C=N–C) groups is 3. The topological polar surface area (TPSA) is 223 Å². The Kier molecular flexibility index (Phi) is 25.8. The van der Waals surface area contributed by atoms with Crippen molar-refractivity contribution >= 4 is 53.9 Å². The first-order valence-corrected chi connectivity index (χ1v) is 28.1. The van der Waals surface area contributed by atoms with Crippen molar-refractivity contribution in [1.29, 1.82) is 0 Å². The van der Waals surface area contributed by atoms with Crippen molar-refractivity contribution in [2.75, 3.05) is 32.8 Å². The standard InChI is InChI=1S/C61H94N6O14/c1-56(2,3)76-48(68)39-45(63-51(69)77-57(4,5)6)31-27-22-20-19-21-23-28-36-65(53(71)79-59(10,11)12)50(64-52(70)78-58(7,8)9)66(54(72)80-60(13,14)15)37-38-74-46-34-32-44(33-35-46)49-62-40-47(75-42-43-29-25-24-26-30-43)41-67(49)55(73)81-61(16,17)18/h24-26,29-30,32-35,47H,19-23,27-28,31,36-42H2,1-18H3. The SMILES string of the molecule is CC(C)(C)OC(=O)CC(CCCCCCCCCN(C(=O)OC(C)(C)C)C(=NC(=O)OC(C)(C)C)N(CCOc1ccc(C2=NCC(OCc3ccccc3)CN2C(=O)OC(C)(C)C)cc1)C(=O)OC(C)(C)C)=NC(=O)OC(C)(C)C. The van der Waals surface area contributed by atoms with Crippen LogP contribution in [0.4, 0.5) is 24.0 Å². The van der Waals surface area contributed by atoms with E-state index in [9.17, 15) is 28.8 Å². The van der Waals surface area contributed by atoms with Gasteiger partial charge in [-0.1, -0.05) is 62.4 Å². The molecule has 81 heavy (non-hydrogen) atoms. The Bertz CT molecular complexity index is 2470. The number of nitrogens with zero attached hydrogens (tertiary/aromatic N) is 6. The molecule has 0 spiro atoms. The Morgan fingerprint density at radius 3 is 1.56 bits per heavy atom. The van der Waals surface area contributed by atoms with E-state index in [4.69, 9.17) is 42.9 Å². The number of carbonyl (C=O) groups excluding carboxylic acids is 6. The number of hydrogen-bond acceptors (Lipinski definition) is 15. The summed E-state index contributed by atoms with van der Waals surface area (Å²) in [4.78, 5) is 98.1. The molecule has 0 bridgehead atoms. The number of hydrogen-bond donors (Lipinski definition) is 0. The Hall–Kier alpha value is -6.57. The van der Waals surface area contributed by atoms with E-state index in [0.29, 0.717) is 61.7 Å². The van der Waals surface area contributed by atoms with Crippen LogP contribution in [0.2, 0.25) is 0 Å². The molecule has 2 aromatic carbocycles. The van der Waals surface area contributed by atoms with E-state index in [2.05, 4.69) is 9.98 Å². The lowest BCUT2D eigenvalue weighted by Crippen LogP contribution is -2.53. The van der Waals surface area contributed by atoms with Crippen molar-refractivity contribution in [2.24, 2.45) is 15.0 Å². The molecular formula is C61H94N6O14. The molecule has 1 atom stereocenters. The third-order valence-corrected chi connectivity index (χ3v) is 10.8. The minimum atomic E-state index is -1.05. The molecule has 0 aliphatic carbocycles. The van der Waals surface area contributed by atoms with Gasteiger partial charge >= 0.3 is 36.4 Å². The zero-order valence-corrected chi connectivity index (χ0v) is 51.8. The molecule has 0 aromatic heterocycles. The van der Waals surface area contributed by atoms with E-state index in [1.54, 1.807) is 149 Å². The first-order chi connectivity index (χ1) is 37.3. The third kappa shape index (κ3) is 29.1. The highest BCUT2D eigenvalue weighted by Crippen LogP contribution is 2.24. The number of amides is 5. The van der Waals surface area contributed by atoms with Gasteiger partial charge in [0.1, 0.15) is 51.8 Å². The first kappa shape index (κ1) is 68.7. The third-order valence-electron chi connectivity index (χ3n) is 10.8. The summed E-state index contributed by atoms with van der Waals surface area (Å²) >= 11 is 0. The van der Waals surface area contributed by atoms with Crippen molar-refractivity contribution < 1.29 is 66.7 Å². The molecule has 0 N–H and O–H groups in total. The number of rotatable bonds is 20. The number of esters is 1. The molecule has 1 unspecified atom stereocenters. The van der Waals surface area contributed by atoms with E-state index >= 15 is 0 Å². The molecule has 0 saturated carbocycles. The second-order valence-electron chi connectivity index (χ2n) is 25.8. The van der Waals surface area contributed by atoms with Gasteiger partial charge in [-0.25, -0.2) is 33.8 Å². The Morgan fingerprint density at radius 2 is 1.04 bits per heavy atom. The minimum Gasteiger partial charge on any atom is -0.492 e. The van der Waals surface area contributed by atoms with Crippen molar-refractivity contribution in [3.8, 4) is 5.75 Å². The monoisotopic (exact) mass is 1130 g/mol. The van der Waals surface area contributed by atoms with Crippen molar-refractivity contribution in [3.05, 3.63) is 65.7 Å². The predicted molar refractivity (Wildman–Crippen MR) is 312 cm³/mol. The molecule has 0 saturated heterocycles. The van der Waals surface area contributed by atoms with Crippen LogP contribution in [0.15, 0.2) is 69.6 Å². The molecule has 1 heterocycles. The summed E-state index contributed by atoms with van der Waals surface area (Å²) in [6.07, 6.45) is 0.759. The predicted octanol–water partition coefficient (Wildman–Crippen LogP) is 13.6. The lowest BCUT2D eigenvalue weighted by Gasteiger charge is -2.34. The highest BCUT2D eigenvalue weighted by molar-refractivity contribution is 6.07. The van der Waals surface area contributed by atoms with E-state index in [1.165, 1.54) is 4.90 Å². The first-order valence-electron chi connectivity index (χ1n) is 28.1. The van der Waals surface area contributed by atoms with Crippen LogP contribution < -0.4 is 4.74 Å². The second-order valence-corrected chi connectivity index (χ2v) is 25.8. The molecule has 20 heteroatoms. The van der Waals surface area contributed by atoms with Crippen LogP contribution in [-0.4, -0.2) is 141 Å². The van der Waals surface area contributed by atoms with Gasteiger partial charge in [-0.15, -0.1) is 4.99 Å². The van der Waals surface area contributed by atoms with Gasteiger partial charge in [-0.3, -0.25) is 14.7 Å². The number of ether oxygens (including phenoxy) is 8. The summed E-state index contributed by atoms with van der Waals surface area (Å²) in [5, 5.41) is 0. The van der Waals surface area contributed by atoms with Crippen LogP contribution in [0.1, 0.15) is 194 Å². The molecular weight excluding hydrogens is 1040 g/mol. The quantitative estimate of drug-likeness (QED) is 0.0395. The van der Waals surface area contributed by atoms with Gasteiger partial charge in [0.25, 0.3) is 0 Å². The lowest BCUT2D eigenvalue weighted by atomic mass is 10.0. The molecule has 2 aromatic rings. The van der Waals surface area contributed by atoms with Gasteiger partial charge in [0.2, 0.25) is 5.96 Å². The van der Waals surface area contributed by atoms with E-state index < -0.39 is 70.0 Å². The summed E-state index contributed by atoms with van der Waals surface area (Å²) in [5.41, 5.74) is -3.15. The molecule has 452 valence electrons. The van der Waals surface area contributed by atoms with Gasteiger partial charge in [0.05, 0.1) is 38.8 Å². The van der Waals surface area contributed by atoms with Gasteiger partial charge in [-0.2, -0.15) is 4.99 Å². The van der Waals surface area contributed by atoms with Gasteiger partial charge in [0.15, 0.2) is 0 Å². The van der Waals surface area contributed by atoms with Crippen LogP contribution in [0.25, 0.3) is 0 Å². The Balaban J connectivity index is 1.85. The highest BCUT2D eigenvalue weighted by atomic mass is 16.6. The minimum absolute atomic E-state index is 0.00257. The average molecular weight is 1140 g/mol. The summed E-state index contributed by atoms with van der Waals surface area (Å²) in [7, 11) is 0. The van der Waals surface area contributed by atoms with Crippen molar-refractivity contribution in [3.63, 3.8) is 0 Å². The normalized spacial score (nSPS) is 14.8. The summed E-state index contributed by atoms with van der Waals surface area (Å²) in [6, 6.07) is 16.7. The number of benzene rings is 2. The van der Waals surface area contributed by atoms with Crippen LogP contribution >= 0.6 is 0 Å². The van der Waals surface area contributed by atoms with Crippen LogP contribution in [0, 0.1) is 0 Å². The molecule has 1 aliphatic heterocycles. The molecule has 0 fully saturated rings. The van der Waals surface area contributed by atoms with Gasteiger partial charge in [0, 0.05) is 17.8 Å². The number of carbonyl (C=O) groups is 6. The molecule has 5 amide bonds. The molecule has 3 rings (SSSR count). The zero-order valence-electron chi connectivity index (χ0n) is 51.8. The second kappa shape index (κ2) is 30.5. The van der Waals surface area contributed by atoms with E-state index in [-0.39, 0.29) is 44.7 Å². The van der Waals surface area contributed by atoms with Crippen LogP contribution in [-0.2, 0) is 44.6 Å². The fourth-order valence-corrected chi connectivity index (χ4v) is 7.63. The average Bonchev–Trinajstić information content (AvgIpc) is 3.34. The van der Waals surface area contributed by atoms with Crippen molar-refractivity contribution in [1.82, 2.24) is 14.7 Å². The molecule has 1 aliphatic rings. The van der Waals surface area contributed by atoms with Gasteiger partial charge in [-0.05, 0) is 174 Å². The van der Waals surface area contributed by atoms with Crippen molar-refractivity contribution in [2.45, 2.75) is 229 Å². The van der Waals surface area contributed by atoms with E-state index in [1.807, 2.05) is 30.3 Å². The van der Waals surface area contributed by atoms with Crippen LogP contribution in [0.5, 0.6) is 5.75 Å². The smallest absolute Gasteiger partial charge is 0.437 e.